The van der Waals surface area contributed by atoms with Crippen molar-refractivity contribution < 1.29 is 97.2 Å². The van der Waals surface area contributed by atoms with E-state index in [9.17, 15) is 57.5 Å². The molecule has 0 fully saturated rings. The predicted octanol–water partition coefficient (Wildman–Crippen LogP) is 9.29. The average molecular weight is 947 g/mol. The van der Waals surface area contributed by atoms with Gasteiger partial charge in [0.15, 0.2) is 76.4 Å². The number of halogens is 20. The van der Waals surface area contributed by atoms with Gasteiger partial charge in [0.2, 0.25) is 11.3 Å². The number of benzene rings is 6. The van der Waals surface area contributed by atoms with Crippen LogP contribution < -0.4 is 26.4 Å². The van der Waals surface area contributed by atoms with Crippen molar-refractivity contribution in [2.24, 2.45) is 0 Å². The van der Waals surface area contributed by atoms with Crippen molar-refractivity contribution in [2.45, 2.75) is 13.5 Å². The van der Waals surface area contributed by atoms with Crippen molar-refractivity contribution in [3.63, 3.8) is 0 Å². The number of hydrogen-bond donors (Lipinski definition) is 0. The van der Waals surface area contributed by atoms with E-state index >= 15 is 35.1 Å². The minimum absolute atomic E-state index is 0.122. The van der Waals surface area contributed by atoms with Crippen LogP contribution in [0.1, 0.15) is 22.3 Å². The van der Waals surface area contributed by atoms with E-state index in [0.717, 1.165) is 21.8 Å². The van der Waals surface area contributed by atoms with Crippen LogP contribution in [0.25, 0.3) is 10.2 Å². The summed E-state index contributed by atoms with van der Waals surface area (Å²) in [5.41, 5.74) is -12.0. The Morgan fingerprint density at radius 2 is 0.672 bits per heavy atom. The highest BCUT2D eigenvalue weighted by Crippen LogP contribution is 2.31. The summed E-state index contributed by atoms with van der Waals surface area (Å²) < 4.78 is 297. The molecule has 24 heteroatoms. The van der Waals surface area contributed by atoms with Crippen LogP contribution in [-0.2, 0) is 6.54 Å². The molecule has 0 saturated carbocycles. The highest BCUT2D eigenvalue weighted by Gasteiger charge is 2.52. The van der Waals surface area contributed by atoms with Crippen molar-refractivity contribution in [1.29, 1.82) is 0 Å². The summed E-state index contributed by atoms with van der Waals surface area (Å²) in [7, 11) is 0. The molecular formula is C40H14BF20NOS. The highest BCUT2D eigenvalue weighted by atomic mass is 32.1. The first-order chi connectivity index (χ1) is 30.0. The lowest BCUT2D eigenvalue weighted by molar-refractivity contribution is -0.659. The lowest BCUT2D eigenvalue weighted by Crippen LogP contribution is -2.81. The molecular weight excluding hydrogens is 933 g/mol. The summed E-state index contributed by atoms with van der Waals surface area (Å²) in [5.74, 6) is -71.3. The number of hydrogen-bond acceptors (Lipinski definition) is 2. The van der Waals surface area contributed by atoms with Crippen LogP contribution in [0, 0.1) is 116 Å². The molecule has 1 aromatic heterocycles. The third kappa shape index (κ3) is 7.10. The predicted molar refractivity (Wildman–Crippen MR) is 187 cm³/mol. The summed E-state index contributed by atoms with van der Waals surface area (Å²) >= 11 is 1.56. The van der Waals surface area contributed by atoms with Gasteiger partial charge in [0.05, 0.1) is 0 Å². The second-order valence-electron chi connectivity index (χ2n) is 13.3. The van der Waals surface area contributed by atoms with E-state index in [4.69, 9.17) is 0 Å². The van der Waals surface area contributed by atoms with E-state index in [1.807, 2.05) is 30.3 Å². The Kier molecular flexibility index (Phi) is 12.7. The first-order valence-corrected chi connectivity index (χ1v) is 18.0. The van der Waals surface area contributed by atoms with Gasteiger partial charge in [0.25, 0.3) is 0 Å². The van der Waals surface area contributed by atoms with Gasteiger partial charge in [-0.1, -0.05) is 53.8 Å². The first-order valence-electron chi connectivity index (χ1n) is 17.2. The maximum absolute atomic E-state index is 15.4. The maximum atomic E-state index is 15.4. The normalized spacial score (nSPS) is 11.6. The molecule has 0 aliphatic heterocycles. The number of rotatable bonds is 7. The topological polar surface area (TPSA) is 20.9 Å². The number of aromatic nitrogens is 1. The smallest absolute Gasteiger partial charge is 0.287 e. The van der Waals surface area contributed by atoms with Gasteiger partial charge in [-0.15, -0.1) is 21.9 Å². The molecule has 1 heterocycles. The molecule has 2 nitrogen and oxygen atoms in total. The van der Waals surface area contributed by atoms with Crippen molar-refractivity contribution >= 4 is 55.3 Å². The van der Waals surface area contributed by atoms with E-state index in [0.29, 0.717) is 0 Å². The summed E-state index contributed by atoms with van der Waals surface area (Å²) in [5, 5.41) is 0.810. The number of carbonyl (C=O) groups excluding carboxylic acids is 1. The van der Waals surface area contributed by atoms with Gasteiger partial charge in [-0.3, -0.25) is 4.79 Å². The Balaban J connectivity index is 0.000000295. The summed E-state index contributed by atoms with van der Waals surface area (Å²) in [6.45, 7) is 2.37. The molecule has 0 bridgehead atoms. The zero-order chi connectivity index (χ0) is 47.6. The Morgan fingerprint density at radius 1 is 0.406 bits per heavy atom. The fourth-order valence-electron chi connectivity index (χ4n) is 7.09. The second-order valence-corrected chi connectivity index (χ2v) is 14.3. The standard InChI is InChI=1S/C24BF20.C16H14NOS/c26-5-1(6(27)14(35)21(42)13(5)34)25(2-7(28)15(36)22(43)16(37)8(2)29,3-9(30)17(38)23(44)18(39)10(3)31)4-11(32)19(40)24(45)20(41)12(4)33;1-12(18)16-17(11-13-7-3-2-4-8-13)14-9-5-6-10-15(14)19-16/h;2-10H,11H2,1H3/q-1;+1. The molecule has 0 N–H and O–H groups in total. The number of ketones is 1. The van der Waals surface area contributed by atoms with Crippen LogP contribution in [0.4, 0.5) is 87.8 Å². The molecule has 0 unspecified atom stereocenters. The third-order valence-corrected chi connectivity index (χ3v) is 11.1. The van der Waals surface area contributed by atoms with Crippen molar-refractivity contribution in [3.05, 3.63) is 182 Å². The van der Waals surface area contributed by atoms with Crippen LogP contribution >= 0.6 is 11.3 Å². The van der Waals surface area contributed by atoms with Gasteiger partial charge in [-0.2, -0.15) is 4.57 Å². The number of thiazole rings is 1. The Labute approximate surface area is 347 Å². The zero-order valence-electron chi connectivity index (χ0n) is 30.8. The van der Waals surface area contributed by atoms with Crippen molar-refractivity contribution in [2.75, 3.05) is 0 Å². The molecule has 7 rings (SSSR count). The van der Waals surface area contributed by atoms with Crippen LogP contribution in [0.5, 0.6) is 0 Å². The molecule has 0 spiro atoms. The zero-order valence-corrected chi connectivity index (χ0v) is 31.6. The fourth-order valence-corrected chi connectivity index (χ4v) is 8.15. The molecule has 0 aliphatic rings. The van der Waals surface area contributed by atoms with Gasteiger partial charge < -0.3 is 0 Å². The van der Waals surface area contributed by atoms with Crippen molar-refractivity contribution in [1.82, 2.24) is 0 Å². The molecule has 0 atom stereocenters. The number of nitrogens with zero attached hydrogens (tertiary/aromatic N) is 1. The SMILES string of the molecule is CC(=O)c1sc2ccccc2[n+]1Cc1ccccc1.Fc1c(F)c(F)c([B-](c2c(F)c(F)c(F)c(F)c2F)(c2c(F)c(F)c(F)c(F)c2F)c2c(F)c(F)c(F)c(F)c2F)c(F)c1F. The molecule has 7 aromatic rings. The summed E-state index contributed by atoms with van der Waals surface area (Å²) in [4.78, 5) is 11.8. The minimum atomic E-state index is -7.22. The molecule has 0 amide bonds. The largest absolute Gasteiger partial charge is 0.306 e. The van der Waals surface area contributed by atoms with Crippen LogP contribution in [-0.4, -0.2) is 11.9 Å². The molecule has 6 aromatic carbocycles. The lowest BCUT2D eigenvalue weighted by Gasteiger charge is -2.44. The molecule has 334 valence electrons. The number of Topliss-reactive ketones (excluding diaryl/α,β-unsaturated/α-hetero) is 1. The molecule has 64 heavy (non-hydrogen) atoms. The van der Waals surface area contributed by atoms with Crippen molar-refractivity contribution in [3.8, 4) is 0 Å². The monoisotopic (exact) mass is 947 g/mol. The summed E-state index contributed by atoms with van der Waals surface area (Å²) in [6, 6.07) is 18.4. The van der Waals surface area contributed by atoms with Crippen LogP contribution in [0.2, 0.25) is 0 Å². The quantitative estimate of drug-likeness (QED) is 0.0390. The van der Waals surface area contributed by atoms with Gasteiger partial charge in [0.1, 0.15) is 57.4 Å². The lowest BCUT2D eigenvalue weighted by atomic mass is 9.12. The van der Waals surface area contributed by atoms with E-state index in [1.54, 1.807) is 18.3 Å². The van der Waals surface area contributed by atoms with E-state index < -0.39 is 144 Å². The van der Waals surface area contributed by atoms with Gasteiger partial charge in [-0.25, -0.2) is 87.8 Å². The van der Waals surface area contributed by atoms with E-state index in [-0.39, 0.29) is 5.78 Å². The van der Waals surface area contributed by atoms with E-state index in [2.05, 4.69) is 28.8 Å². The summed E-state index contributed by atoms with van der Waals surface area (Å²) in [6.07, 6.45) is -7.22. The number of carbonyl (C=O) groups is 1. The number of para-hydroxylation sites is 1. The number of fused-ring (bicyclic) bond motifs is 1. The third-order valence-electron chi connectivity index (χ3n) is 9.80. The average Bonchev–Trinajstić information content (AvgIpc) is 3.65. The molecule has 0 radical (unpaired) electrons. The highest BCUT2D eigenvalue weighted by molar-refractivity contribution is 7.20. The van der Waals surface area contributed by atoms with Gasteiger partial charge in [0, 0.05) is 18.6 Å². The maximum Gasteiger partial charge on any atom is 0.306 e. The second kappa shape index (κ2) is 17.3. The molecule has 0 saturated heterocycles. The van der Waals surface area contributed by atoms with E-state index in [1.165, 1.54) is 5.56 Å². The van der Waals surface area contributed by atoms with Crippen LogP contribution in [0.3, 0.4) is 0 Å². The Morgan fingerprint density at radius 3 is 0.969 bits per heavy atom. The first kappa shape index (κ1) is 47.0. The van der Waals surface area contributed by atoms with Gasteiger partial charge >= 0.3 is 5.01 Å². The Bertz CT molecular complexity index is 2690. The fraction of sp³-hybridized carbons (Fsp3) is 0.0500. The van der Waals surface area contributed by atoms with Gasteiger partial charge in [-0.05, 0) is 6.07 Å². The Hall–Kier alpha value is -6.46. The molecule has 0 aliphatic carbocycles. The van der Waals surface area contributed by atoms with Crippen LogP contribution in [0.15, 0.2) is 54.6 Å². The minimum Gasteiger partial charge on any atom is -0.287 e.